The van der Waals surface area contributed by atoms with Crippen molar-refractivity contribution in [2.24, 2.45) is 0 Å². The van der Waals surface area contributed by atoms with Crippen LogP contribution >= 0.6 is 22.7 Å². The molecule has 0 unspecified atom stereocenters. The Hall–Kier alpha value is -5.95. The molecular formula is C49H34N4S2. The Morgan fingerprint density at radius 2 is 0.982 bits per heavy atom. The lowest BCUT2D eigenvalue weighted by molar-refractivity contribution is 0.667. The zero-order chi connectivity index (χ0) is 36.8. The van der Waals surface area contributed by atoms with Crippen LogP contribution in [0.2, 0.25) is 0 Å². The molecule has 4 nitrogen and oxygen atoms in total. The van der Waals surface area contributed by atoms with E-state index in [0.717, 1.165) is 22.2 Å². The maximum Gasteiger partial charge on any atom is 0.238 e. The molecule has 0 spiro atoms. The van der Waals surface area contributed by atoms with E-state index >= 15 is 0 Å². The van der Waals surface area contributed by atoms with Crippen LogP contribution in [0.3, 0.4) is 0 Å². The second-order valence-electron chi connectivity index (χ2n) is 16.0. The van der Waals surface area contributed by atoms with E-state index in [2.05, 4.69) is 129 Å². The second kappa shape index (κ2) is 10.8. The molecule has 6 aromatic carbocycles. The van der Waals surface area contributed by atoms with E-state index < -0.39 is 0 Å². The topological polar surface area (TPSA) is 43.6 Å². The number of rotatable bonds is 3. The van der Waals surface area contributed by atoms with Crippen molar-refractivity contribution in [1.29, 1.82) is 0 Å². The van der Waals surface area contributed by atoms with Crippen molar-refractivity contribution in [2.75, 3.05) is 0 Å². The summed E-state index contributed by atoms with van der Waals surface area (Å²) in [6, 6.07) is 48.0. The van der Waals surface area contributed by atoms with E-state index in [9.17, 15) is 0 Å². The summed E-state index contributed by atoms with van der Waals surface area (Å²) >= 11 is 3.85. The van der Waals surface area contributed by atoms with Crippen LogP contribution in [0.4, 0.5) is 0 Å². The van der Waals surface area contributed by atoms with E-state index in [4.69, 9.17) is 15.0 Å². The predicted molar refractivity (Wildman–Crippen MR) is 231 cm³/mol. The summed E-state index contributed by atoms with van der Waals surface area (Å²) in [6.07, 6.45) is 0. The van der Waals surface area contributed by atoms with Gasteiger partial charge in [0.1, 0.15) is 0 Å². The van der Waals surface area contributed by atoms with Gasteiger partial charge in [0.2, 0.25) is 5.95 Å². The Morgan fingerprint density at radius 3 is 1.62 bits per heavy atom. The molecule has 0 bridgehead atoms. The van der Waals surface area contributed by atoms with Gasteiger partial charge in [-0.05, 0) is 33.2 Å². The summed E-state index contributed by atoms with van der Waals surface area (Å²) < 4.78 is 4.93. The van der Waals surface area contributed by atoms with Crippen molar-refractivity contribution in [3.8, 4) is 50.3 Å². The summed E-state index contributed by atoms with van der Waals surface area (Å²) in [5.74, 6) is 1.95. The predicted octanol–water partition coefficient (Wildman–Crippen LogP) is 13.3. The third-order valence-corrected chi connectivity index (χ3v) is 15.0. The van der Waals surface area contributed by atoms with Crippen LogP contribution < -0.4 is 0 Å². The number of aromatic nitrogens is 4. The van der Waals surface area contributed by atoms with Crippen molar-refractivity contribution in [1.82, 2.24) is 19.5 Å². The Balaban J connectivity index is 1.27. The first-order chi connectivity index (χ1) is 26.8. The summed E-state index contributed by atoms with van der Waals surface area (Å²) in [5.41, 5.74) is 12.3. The Bertz CT molecular complexity index is 3170. The molecule has 262 valence electrons. The minimum Gasteiger partial charge on any atom is -0.275 e. The average Bonchev–Trinajstić information content (AvgIpc) is 3.99. The molecule has 2 aliphatic carbocycles. The number of hydrogen-bond donors (Lipinski definition) is 0. The lowest BCUT2D eigenvalue weighted by Crippen LogP contribution is -2.14. The van der Waals surface area contributed by atoms with Crippen molar-refractivity contribution in [3.05, 3.63) is 155 Å². The molecule has 0 atom stereocenters. The summed E-state index contributed by atoms with van der Waals surface area (Å²) in [4.78, 5) is 18.7. The third-order valence-electron chi connectivity index (χ3n) is 12.2. The quantitative estimate of drug-likeness (QED) is 0.181. The lowest BCUT2D eigenvalue weighted by Gasteiger charge is -2.21. The first kappa shape index (κ1) is 31.4. The minimum atomic E-state index is -0.121. The Kier molecular flexibility index (Phi) is 6.19. The highest BCUT2D eigenvalue weighted by atomic mass is 32.1. The molecule has 0 saturated heterocycles. The van der Waals surface area contributed by atoms with Gasteiger partial charge in [-0.2, -0.15) is 9.97 Å². The molecule has 4 heterocycles. The van der Waals surface area contributed by atoms with E-state index in [1.807, 2.05) is 59.1 Å². The van der Waals surface area contributed by atoms with Gasteiger partial charge in [-0.15, -0.1) is 22.7 Å². The second-order valence-corrected chi connectivity index (χ2v) is 18.0. The van der Waals surface area contributed by atoms with Gasteiger partial charge in [0.15, 0.2) is 11.6 Å². The highest BCUT2D eigenvalue weighted by Crippen LogP contribution is 2.59. The van der Waals surface area contributed by atoms with Crippen molar-refractivity contribution in [3.63, 3.8) is 0 Å². The fourth-order valence-electron chi connectivity index (χ4n) is 9.63. The summed E-state index contributed by atoms with van der Waals surface area (Å²) in [5, 5.41) is 5.02. The number of thiophene rings is 2. The largest absolute Gasteiger partial charge is 0.275 e. The molecule has 6 heteroatoms. The monoisotopic (exact) mass is 742 g/mol. The highest BCUT2D eigenvalue weighted by Gasteiger charge is 2.41. The van der Waals surface area contributed by atoms with Gasteiger partial charge in [-0.25, -0.2) is 4.98 Å². The van der Waals surface area contributed by atoms with Gasteiger partial charge in [-0.1, -0.05) is 161 Å². The normalized spacial score (nSPS) is 14.8. The van der Waals surface area contributed by atoms with Crippen LogP contribution in [0.5, 0.6) is 0 Å². The highest BCUT2D eigenvalue weighted by molar-refractivity contribution is 7.23. The molecule has 0 N–H and O–H groups in total. The SMILES string of the molecule is CC1(C)c2ccccc2-c2c1sc1c2ccc2c3ccc4c5c(sc4c3n(-c3nc(-c4ccccc4)nc(-c4ccccc4)n3)c21)-c1ccccc1C5(C)C. The average molecular weight is 743 g/mol. The van der Waals surface area contributed by atoms with Crippen LogP contribution in [0, 0.1) is 0 Å². The Morgan fingerprint density at radius 1 is 0.473 bits per heavy atom. The molecular weight excluding hydrogens is 709 g/mol. The fraction of sp³-hybridized carbons (Fsp3) is 0.122. The van der Waals surface area contributed by atoms with Crippen molar-refractivity contribution in [2.45, 2.75) is 38.5 Å². The zero-order valence-electron chi connectivity index (χ0n) is 30.8. The number of nitrogens with zero attached hydrogens (tertiary/aromatic N) is 4. The summed E-state index contributed by atoms with van der Waals surface area (Å²) in [6.45, 7) is 9.51. The molecule has 10 aromatic rings. The maximum atomic E-state index is 5.39. The van der Waals surface area contributed by atoms with Gasteiger partial charge in [0.25, 0.3) is 0 Å². The smallest absolute Gasteiger partial charge is 0.238 e. The van der Waals surface area contributed by atoms with Crippen LogP contribution in [0.1, 0.15) is 49.3 Å². The first-order valence-electron chi connectivity index (χ1n) is 18.9. The third kappa shape index (κ3) is 4.08. The molecule has 0 radical (unpaired) electrons. The van der Waals surface area contributed by atoms with E-state index in [0.29, 0.717) is 17.6 Å². The van der Waals surface area contributed by atoms with Crippen molar-refractivity contribution < 1.29 is 0 Å². The fourth-order valence-corrected chi connectivity index (χ4v) is 12.6. The molecule has 0 saturated carbocycles. The van der Waals surface area contributed by atoms with E-state index in [-0.39, 0.29) is 10.8 Å². The molecule has 0 amide bonds. The number of fused-ring (bicyclic) bond motifs is 15. The van der Waals surface area contributed by atoms with Crippen LogP contribution in [0.25, 0.3) is 92.3 Å². The van der Waals surface area contributed by atoms with Crippen LogP contribution in [-0.2, 0) is 10.8 Å². The molecule has 55 heavy (non-hydrogen) atoms. The minimum absolute atomic E-state index is 0.103. The van der Waals surface area contributed by atoms with Gasteiger partial charge in [-0.3, -0.25) is 4.57 Å². The van der Waals surface area contributed by atoms with Gasteiger partial charge in [0.05, 0.1) is 20.4 Å². The van der Waals surface area contributed by atoms with Crippen molar-refractivity contribution >= 4 is 64.7 Å². The Labute approximate surface area is 326 Å². The van der Waals surface area contributed by atoms with E-state index in [1.165, 1.54) is 74.1 Å². The molecule has 12 rings (SSSR count). The van der Waals surface area contributed by atoms with Gasteiger partial charge >= 0.3 is 0 Å². The molecule has 4 aromatic heterocycles. The standard InChI is InChI=1S/C49H34N4S2/c1-48(2)36-22-14-12-20-32(36)41-38(48)34-26-24-30-29-23-25-33-37-31-19-11-13-21-35(31)49(3,4)44(37)55-42(33)39(29)53(40(30)43(34)54-41)47-51-45(27-15-7-5-8-16-27)50-46(52-47)28-17-9-6-10-18-28/h5-26H,1-4H3. The molecule has 0 fully saturated rings. The zero-order valence-corrected chi connectivity index (χ0v) is 32.4. The van der Waals surface area contributed by atoms with E-state index in [1.54, 1.807) is 0 Å². The molecule has 2 aliphatic rings. The van der Waals surface area contributed by atoms with Crippen LogP contribution in [0.15, 0.2) is 133 Å². The van der Waals surface area contributed by atoms with Gasteiger partial charge < -0.3 is 0 Å². The first-order valence-corrected chi connectivity index (χ1v) is 20.5. The van der Waals surface area contributed by atoms with Crippen LogP contribution in [-0.4, -0.2) is 19.5 Å². The lowest BCUT2D eigenvalue weighted by atomic mass is 9.81. The molecule has 0 aliphatic heterocycles. The summed E-state index contributed by atoms with van der Waals surface area (Å²) in [7, 11) is 0. The van der Waals surface area contributed by atoms with Gasteiger partial charge in [0, 0.05) is 53.4 Å². The number of hydrogen-bond acceptors (Lipinski definition) is 5. The number of benzene rings is 6. The maximum absolute atomic E-state index is 5.39.